The minimum absolute atomic E-state index is 0.0440. The van der Waals surface area contributed by atoms with Gasteiger partial charge in [-0.05, 0) is 26.2 Å². The molecule has 0 fully saturated rings. The van der Waals surface area contributed by atoms with Crippen LogP contribution >= 0.6 is 0 Å². The van der Waals surface area contributed by atoms with Gasteiger partial charge in [-0.2, -0.15) is 0 Å². The molecule has 0 saturated carbocycles. The Morgan fingerprint density at radius 1 is 1.67 bits per heavy atom. The van der Waals surface area contributed by atoms with Crippen molar-refractivity contribution < 1.29 is 5.11 Å². The van der Waals surface area contributed by atoms with Crippen LogP contribution in [0.2, 0.25) is 0 Å². The zero-order chi connectivity index (χ0) is 4.99. The lowest BCUT2D eigenvalue weighted by molar-refractivity contribution is 0.329. The van der Waals surface area contributed by atoms with Crippen LogP contribution in [0, 0.1) is 26.2 Å². The van der Waals surface area contributed by atoms with E-state index in [4.69, 9.17) is 5.11 Å². The summed E-state index contributed by atoms with van der Waals surface area (Å²) in [5.41, 5.74) is 0. The minimum atomic E-state index is 0.0440. The van der Waals surface area contributed by atoms with Crippen molar-refractivity contribution in [2.75, 3.05) is 6.61 Å². The molecule has 1 N–H and O–H groups in total. The summed E-state index contributed by atoms with van der Waals surface area (Å²) in [4.78, 5) is 0. The quantitative estimate of drug-likeness (QED) is 0.514. The average molecular weight is 84.1 g/mol. The van der Waals surface area contributed by atoms with Crippen molar-refractivity contribution in [2.24, 2.45) is 0 Å². The molecule has 0 aromatic carbocycles. The molecule has 0 aliphatic rings. The van der Waals surface area contributed by atoms with Gasteiger partial charge in [0.15, 0.2) is 0 Å². The molecular weight excluding hydrogens is 76.1 g/mol. The Hall–Kier alpha value is -0.0400. The number of rotatable bonds is 2. The maximum atomic E-state index is 8.08. The van der Waals surface area contributed by atoms with Gasteiger partial charge in [-0.25, -0.2) is 0 Å². The van der Waals surface area contributed by atoms with E-state index in [-0.39, 0.29) is 6.61 Å². The third-order valence-electron chi connectivity index (χ3n) is 0.380. The van der Waals surface area contributed by atoms with E-state index in [1.807, 2.05) is 0 Å². The van der Waals surface area contributed by atoms with Crippen molar-refractivity contribution in [1.82, 2.24) is 0 Å². The monoisotopic (exact) mass is 84.1 g/mol. The standard InChI is InChI=1S/C5H8O/c1-5(2)3-4-6/h3,6H,1-2,4H2. The molecule has 6 heavy (non-hydrogen) atoms. The van der Waals surface area contributed by atoms with Gasteiger partial charge in [-0.1, -0.05) is 0 Å². The smallest absolute Gasteiger partial charge is 0.0468 e. The first kappa shape index (κ1) is 5.96. The molecule has 0 aliphatic carbocycles. The summed E-state index contributed by atoms with van der Waals surface area (Å²) in [5.74, 6) is 0.664. The number of hydrogen-bond donors (Lipinski definition) is 1. The van der Waals surface area contributed by atoms with Crippen LogP contribution in [0.15, 0.2) is 0 Å². The molecule has 0 aliphatic heterocycles. The normalized spacial score (nSPS) is 10.0. The Kier molecular flexibility index (Phi) is 3.14. The Morgan fingerprint density at radius 2 is 2.17 bits per heavy atom. The second-order valence-electron chi connectivity index (χ2n) is 1.04. The Balaban J connectivity index is 2.63. The van der Waals surface area contributed by atoms with Crippen molar-refractivity contribution in [3.8, 4) is 0 Å². The van der Waals surface area contributed by atoms with Gasteiger partial charge in [0, 0.05) is 6.61 Å². The summed E-state index contributed by atoms with van der Waals surface area (Å²) in [6, 6.07) is 0. The molecule has 0 atom stereocenters. The van der Waals surface area contributed by atoms with E-state index in [0.29, 0.717) is 5.92 Å². The summed E-state index contributed by atoms with van der Waals surface area (Å²) in [6.07, 6.45) is 1.54. The van der Waals surface area contributed by atoms with E-state index in [9.17, 15) is 0 Å². The number of aliphatic hydroxyl groups excluding tert-OH is 1. The first-order valence-corrected chi connectivity index (χ1v) is 1.72. The highest BCUT2D eigenvalue weighted by Crippen LogP contribution is 1.94. The Bertz CT molecular complexity index is 25.1. The molecule has 0 heterocycles. The van der Waals surface area contributed by atoms with E-state index in [1.165, 1.54) is 0 Å². The van der Waals surface area contributed by atoms with Crippen molar-refractivity contribution in [2.45, 2.75) is 0 Å². The molecule has 0 aromatic heterocycles. The number of hydrogen-bond acceptors (Lipinski definition) is 1. The summed E-state index contributed by atoms with van der Waals surface area (Å²) in [6.45, 7) is 6.88. The molecule has 0 saturated heterocycles. The minimum Gasteiger partial charge on any atom is -0.396 e. The predicted octanol–water partition coefficient (Wildman–Crippen LogP) is 0.426. The fourth-order valence-corrected chi connectivity index (χ4v) is 0.129. The lowest BCUT2D eigenvalue weighted by Gasteiger charge is -1.93. The molecule has 34 valence electrons. The van der Waals surface area contributed by atoms with E-state index in [2.05, 4.69) is 13.8 Å². The van der Waals surface area contributed by atoms with Gasteiger partial charge in [0.2, 0.25) is 0 Å². The molecule has 0 bridgehead atoms. The topological polar surface area (TPSA) is 20.2 Å². The highest BCUT2D eigenvalue weighted by Gasteiger charge is 1.88. The molecule has 0 rings (SSSR count). The largest absolute Gasteiger partial charge is 0.396 e. The third-order valence-corrected chi connectivity index (χ3v) is 0.380. The highest BCUT2D eigenvalue weighted by molar-refractivity contribution is 5.08. The Labute approximate surface area is 39.0 Å². The van der Waals surface area contributed by atoms with Crippen LogP contribution in [0.5, 0.6) is 0 Å². The molecule has 4 radical (unpaired) electrons. The first-order chi connectivity index (χ1) is 2.77. The van der Waals surface area contributed by atoms with Gasteiger partial charge in [0.1, 0.15) is 0 Å². The molecule has 0 spiro atoms. The van der Waals surface area contributed by atoms with Gasteiger partial charge in [-0.15, -0.1) is 0 Å². The summed E-state index contributed by atoms with van der Waals surface area (Å²) in [7, 11) is 0. The van der Waals surface area contributed by atoms with Crippen LogP contribution in [0.3, 0.4) is 0 Å². The van der Waals surface area contributed by atoms with Crippen molar-refractivity contribution in [3.05, 3.63) is 26.2 Å². The second-order valence-corrected chi connectivity index (χ2v) is 1.04. The van der Waals surface area contributed by atoms with Crippen LogP contribution in [-0.2, 0) is 0 Å². The first-order valence-electron chi connectivity index (χ1n) is 1.72. The van der Waals surface area contributed by atoms with E-state index in [0.717, 1.165) is 0 Å². The molecular formula is C5H8O. The third kappa shape index (κ3) is 3.96. The van der Waals surface area contributed by atoms with Crippen LogP contribution in [0.1, 0.15) is 0 Å². The van der Waals surface area contributed by atoms with Gasteiger partial charge < -0.3 is 5.11 Å². The summed E-state index contributed by atoms with van der Waals surface area (Å²) < 4.78 is 0. The maximum absolute atomic E-state index is 8.08. The maximum Gasteiger partial charge on any atom is 0.0468 e. The van der Waals surface area contributed by atoms with Crippen LogP contribution < -0.4 is 0 Å². The predicted molar refractivity (Wildman–Crippen MR) is 25.3 cm³/mol. The fourth-order valence-electron chi connectivity index (χ4n) is 0.129. The van der Waals surface area contributed by atoms with Crippen molar-refractivity contribution >= 4 is 0 Å². The van der Waals surface area contributed by atoms with E-state index in [1.54, 1.807) is 6.42 Å². The van der Waals surface area contributed by atoms with Crippen LogP contribution in [0.4, 0.5) is 0 Å². The lowest BCUT2D eigenvalue weighted by Crippen LogP contribution is -1.89. The zero-order valence-corrected chi connectivity index (χ0v) is 3.65. The molecule has 0 aromatic rings. The van der Waals surface area contributed by atoms with Gasteiger partial charge >= 0.3 is 0 Å². The molecule has 0 unspecified atom stereocenters. The summed E-state index contributed by atoms with van der Waals surface area (Å²) in [5, 5.41) is 8.08. The number of aliphatic hydroxyl groups is 1. The fraction of sp³-hybridized carbons (Fsp3) is 0.200. The van der Waals surface area contributed by atoms with E-state index >= 15 is 0 Å². The Morgan fingerprint density at radius 3 is 2.17 bits per heavy atom. The van der Waals surface area contributed by atoms with Crippen molar-refractivity contribution in [3.63, 3.8) is 0 Å². The molecule has 1 heteroatoms. The van der Waals surface area contributed by atoms with Gasteiger partial charge in [0.05, 0.1) is 0 Å². The van der Waals surface area contributed by atoms with Gasteiger partial charge in [-0.3, -0.25) is 0 Å². The lowest BCUT2D eigenvalue weighted by atomic mass is 10.2. The zero-order valence-electron chi connectivity index (χ0n) is 3.65. The van der Waals surface area contributed by atoms with Gasteiger partial charge in [0.25, 0.3) is 0 Å². The average Bonchev–Trinajstić information content (AvgIpc) is 1.35. The van der Waals surface area contributed by atoms with Crippen molar-refractivity contribution in [1.29, 1.82) is 0 Å². The second kappa shape index (κ2) is 3.16. The molecule has 1 nitrogen and oxygen atoms in total. The summed E-state index contributed by atoms with van der Waals surface area (Å²) >= 11 is 0. The highest BCUT2D eigenvalue weighted by atomic mass is 16.2. The molecule has 0 amide bonds. The van der Waals surface area contributed by atoms with Crippen LogP contribution in [0.25, 0.3) is 0 Å². The van der Waals surface area contributed by atoms with E-state index < -0.39 is 0 Å². The van der Waals surface area contributed by atoms with Crippen LogP contribution in [-0.4, -0.2) is 11.7 Å². The SMILES string of the molecule is [CH2][C]([CH2])[CH]CO.